The quantitative estimate of drug-likeness (QED) is 0.358. The molecular weight excluding hydrogens is 472 g/mol. The molecule has 0 bridgehead atoms. The maximum absolute atomic E-state index is 13.6. The van der Waals surface area contributed by atoms with E-state index in [1.54, 1.807) is 24.3 Å². The van der Waals surface area contributed by atoms with Gasteiger partial charge in [0.05, 0.1) is 9.82 Å². The van der Waals surface area contributed by atoms with Gasteiger partial charge in [0, 0.05) is 42.3 Å². The Hall–Kier alpha value is -4.18. The van der Waals surface area contributed by atoms with Crippen molar-refractivity contribution in [3.8, 4) is 11.5 Å². The molecule has 180 valence electrons. The molecule has 0 saturated carbocycles. The topological polar surface area (TPSA) is 116 Å². The number of benzene rings is 3. The minimum absolute atomic E-state index is 0.115. The summed E-state index contributed by atoms with van der Waals surface area (Å²) in [4.78, 5) is 25.4. The summed E-state index contributed by atoms with van der Waals surface area (Å²) in [6.45, 7) is 0.891. The Kier molecular flexibility index (Phi) is 6.83. The fraction of sp³-hybridized carbons (Fsp3) is 0.160. The lowest BCUT2D eigenvalue weighted by atomic mass is 10.1. The SMILES string of the molecule is CS(=O)(=O)c1cc(C(=O)N(C/C=C/c2ccccc2)c2ccc3c(c2)OCCO3)cc([N+](=O)[O-])c1. The average Bonchev–Trinajstić information content (AvgIpc) is 2.86. The third kappa shape index (κ3) is 5.67. The van der Waals surface area contributed by atoms with Crippen LogP contribution >= 0.6 is 0 Å². The molecule has 35 heavy (non-hydrogen) atoms. The zero-order chi connectivity index (χ0) is 25.0. The van der Waals surface area contributed by atoms with Crippen LogP contribution < -0.4 is 14.4 Å². The Labute approximate surface area is 202 Å². The van der Waals surface area contributed by atoms with Crippen LogP contribution in [0.5, 0.6) is 11.5 Å². The number of nitro groups is 1. The van der Waals surface area contributed by atoms with Gasteiger partial charge in [0.25, 0.3) is 11.6 Å². The van der Waals surface area contributed by atoms with Crippen molar-refractivity contribution >= 4 is 33.2 Å². The molecule has 0 radical (unpaired) electrons. The van der Waals surface area contributed by atoms with Crippen molar-refractivity contribution in [3.63, 3.8) is 0 Å². The highest BCUT2D eigenvalue weighted by molar-refractivity contribution is 7.90. The Bertz CT molecular complexity index is 1400. The highest BCUT2D eigenvalue weighted by Crippen LogP contribution is 2.35. The predicted octanol–water partition coefficient (Wildman–Crippen LogP) is 4.13. The lowest BCUT2D eigenvalue weighted by Crippen LogP contribution is -2.31. The molecule has 0 aliphatic carbocycles. The molecule has 0 aromatic heterocycles. The first-order valence-corrected chi connectivity index (χ1v) is 12.5. The van der Waals surface area contributed by atoms with Crippen molar-refractivity contribution in [2.75, 3.05) is 30.9 Å². The molecule has 10 heteroatoms. The maximum atomic E-state index is 13.6. The number of carbonyl (C=O) groups is 1. The van der Waals surface area contributed by atoms with Gasteiger partial charge in [-0.2, -0.15) is 0 Å². The van der Waals surface area contributed by atoms with Gasteiger partial charge in [-0.1, -0.05) is 42.5 Å². The van der Waals surface area contributed by atoms with Crippen LogP contribution in [0.3, 0.4) is 0 Å². The first kappa shape index (κ1) is 24.0. The molecule has 1 aliphatic heterocycles. The monoisotopic (exact) mass is 494 g/mol. The lowest BCUT2D eigenvalue weighted by Gasteiger charge is -2.25. The molecule has 3 aromatic rings. The first-order chi connectivity index (χ1) is 16.7. The molecule has 0 fully saturated rings. The second-order valence-electron chi connectivity index (χ2n) is 7.80. The maximum Gasteiger partial charge on any atom is 0.271 e. The van der Waals surface area contributed by atoms with E-state index in [0.29, 0.717) is 30.4 Å². The summed E-state index contributed by atoms with van der Waals surface area (Å²) in [5, 5.41) is 11.4. The molecule has 4 rings (SSSR count). The van der Waals surface area contributed by atoms with Crippen molar-refractivity contribution in [1.29, 1.82) is 0 Å². The van der Waals surface area contributed by atoms with Crippen LogP contribution in [0.1, 0.15) is 15.9 Å². The van der Waals surface area contributed by atoms with Crippen LogP contribution in [-0.4, -0.2) is 45.3 Å². The lowest BCUT2D eigenvalue weighted by molar-refractivity contribution is -0.385. The van der Waals surface area contributed by atoms with Gasteiger partial charge in [-0.3, -0.25) is 14.9 Å². The Morgan fingerprint density at radius 3 is 2.43 bits per heavy atom. The smallest absolute Gasteiger partial charge is 0.271 e. The number of hydrogen-bond acceptors (Lipinski definition) is 7. The predicted molar refractivity (Wildman–Crippen MR) is 131 cm³/mol. The summed E-state index contributed by atoms with van der Waals surface area (Å²) in [6.07, 6.45) is 4.55. The number of fused-ring (bicyclic) bond motifs is 1. The highest BCUT2D eigenvalue weighted by atomic mass is 32.2. The largest absolute Gasteiger partial charge is 0.486 e. The van der Waals surface area contributed by atoms with E-state index in [-0.39, 0.29) is 17.0 Å². The minimum atomic E-state index is -3.80. The standard InChI is InChI=1S/C25H22N2O7S/c1-35(31,32)22-15-19(14-21(16-22)27(29)30)25(28)26(11-5-8-18-6-3-2-4-7-18)20-9-10-23-24(17-20)34-13-12-33-23/h2-10,14-17H,11-13H2,1H3/b8-5+. The van der Waals surface area contributed by atoms with Crippen molar-refractivity contribution in [2.45, 2.75) is 4.90 Å². The van der Waals surface area contributed by atoms with Crippen molar-refractivity contribution in [3.05, 3.63) is 94.0 Å². The van der Waals surface area contributed by atoms with E-state index < -0.39 is 26.4 Å². The van der Waals surface area contributed by atoms with E-state index in [9.17, 15) is 23.3 Å². The van der Waals surface area contributed by atoms with E-state index in [1.165, 1.54) is 4.90 Å². The third-order valence-electron chi connectivity index (χ3n) is 5.26. The molecule has 0 saturated heterocycles. The summed E-state index contributed by atoms with van der Waals surface area (Å²) in [5.74, 6) is 0.407. The van der Waals surface area contributed by atoms with Crippen LogP contribution in [0.15, 0.2) is 77.7 Å². The molecule has 0 atom stereocenters. The van der Waals surface area contributed by atoms with Gasteiger partial charge >= 0.3 is 0 Å². The number of sulfone groups is 1. The fourth-order valence-electron chi connectivity index (χ4n) is 3.55. The number of carbonyl (C=O) groups excluding carboxylic acids is 1. The van der Waals surface area contributed by atoms with Crippen molar-refractivity contribution in [1.82, 2.24) is 0 Å². The Balaban J connectivity index is 1.75. The van der Waals surface area contributed by atoms with E-state index in [1.807, 2.05) is 36.4 Å². The van der Waals surface area contributed by atoms with Gasteiger partial charge in [0.1, 0.15) is 13.2 Å². The summed E-state index contributed by atoms with van der Waals surface area (Å²) in [7, 11) is -3.80. The molecule has 1 amide bonds. The zero-order valence-electron chi connectivity index (χ0n) is 18.8. The van der Waals surface area contributed by atoms with Gasteiger partial charge in [0.2, 0.25) is 0 Å². The average molecular weight is 495 g/mol. The molecule has 0 N–H and O–H groups in total. The molecule has 3 aromatic carbocycles. The van der Waals surface area contributed by atoms with E-state index >= 15 is 0 Å². The van der Waals surface area contributed by atoms with Crippen LogP contribution in [0.4, 0.5) is 11.4 Å². The molecule has 1 aliphatic rings. The van der Waals surface area contributed by atoms with E-state index in [4.69, 9.17) is 9.47 Å². The fourth-order valence-corrected chi connectivity index (χ4v) is 4.22. The number of amides is 1. The number of nitro benzene ring substituents is 1. The first-order valence-electron chi connectivity index (χ1n) is 10.6. The third-order valence-corrected chi connectivity index (χ3v) is 6.35. The summed E-state index contributed by atoms with van der Waals surface area (Å²) in [6, 6.07) is 17.7. The number of hydrogen-bond donors (Lipinski definition) is 0. The van der Waals surface area contributed by atoms with Gasteiger partial charge < -0.3 is 14.4 Å². The van der Waals surface area contributed by atoms with Gasteiger partial charge in [0.15, 0.2) is 21.3 Å². The Morgan fingerprint density at radius 1 is 1.03 bits per heavy atom. The molecular formula is C25H22N2O7S. The normalized spacial score (nSPS) is 12.9. The van der Waals surface area contributed by atoms with Crippen molar-refractivity contribution < 1.29 is 27.6 Å². The summed E-state index contributed by atoms with van der Waals surface area (Å²) in [5.41, 5.74) is 0.780. The summed E-state index contributed by atoms with van der Waals surface area (Å²) >= 11 is 0. The van der Waals surface area contributed by atoms with E-state index in [2.05, 4.69) is 0 Å². The van der Waals surface area contributed by atoms with Crippen LogP contribution in [0.25, 0.3) is 6.08 Å². The van der Waals surface area contributed by atoms with Gasteiger partial charge in [-0.05, 0) is 23.8 Å². The van der Waals surface area contributed by atoms with Gasteiger partial charge in [-0.15, -0.1) is 0 Å². The second kappa shape index (κ2) is 9.98. The Morgan fingerprint density at radius 2 is 1.74 bits per heavy atom. The number of rotatable bonds is 7. The molecule has 0 spiro atoms. The number of anilines is 1. The minimum Gasteiger partial charge on any atom is -0.486 e. The number of nitrogens with zero attached hydrogens (tertiary/aromatic N) is 2. The zero-order valence-corrected chi connectivity index (χ0v) is 19.6. The highest BCUT2D eigenvalue weighted by Gasteiger charge is 2.24. The van der Waals surface area contributed by atoms with Gasteiger partial charge in [-0.25, -0.2) is 8.42 Å². The van der Waals surface area contributed by atoms with Crippen molar-refractivity contribution in [2.24, 2.45) is 0 Å². The second-order valence-corrected chi connectivity index (χ2v) is 9.82. The molecule has 0 unspecified atom stereocenters. The van der Waals surface area contributed by atoms with Crippen LogP contribution in [0, 0.1) is 10.1 Å². The number of ether oxygens (including phenoxy) is 2. The van der Waals surface area contributed by atoms with E-state index in [0.717, 1.165) is 30.0 Å². The molecule has 1 heterocycles. The summed E-state index contributed by atoms with van der Waals surface area (Å²) < 4.78 is 35.4. The van der Waals surface area contributed by atoms with Crippen LogP contribution in [0.2, 0.25) is 0 Å². The number of non-ortho nitro benzene ring substituents is 1. The van der Waals surface area contributed by atoms with Crippen LogP contribution in [-0.2, 0) is 9.84 Å². The molecule has 9 nitrogen and oxygen atoms in total.